The lowest BCUT2D eigenvalue weighted by Gasteiger charge is -2.05. The molecule has 2 rings (SSSR count). The zero-order valence-electron chi connectivity index (χ0n) is 10.6. The fourth-order valence-corrected chi connectivity index (χ4v) is 1.52. The van der Waals surface area contributed by atoms with E-state index in [0.717, 1.165) is 16.9 Å². The minimum absolute atomic E-state index is 0.176. The zero-order chi connectivity index (χ0) is 13.5. The van der Waals surface area contributed by atoms with Crippen molar-refractivity contribution in [1.82, 2.24) is 9.97 Å². The number of nitrogens with zero attached hydrogens (tertiary/aromatic N) is 3. The van der Waals surface area contributed by atoms with Crippen LogP contribution in [-0.4, -0.2) is 16.6 Å². The first-order chi connectivity index (χ1) is 9.33. The first-order valence-electron chi connectivity index (χ1n) is 5.90. The van der Waals surface area contributed by atoms with Crippen LogP contribution in [0.5, 0.6) is 5.75 Å². The van der Waals surface area contributed by atoms with Gasteiger partial charge in [-0.25, -0.2) is 9.97 Å². The third kappa shape index (κ3) is 3.39. The number of aromatic nitrogens is 2. The SMILES string of the molecule is C/C=C/COc1ccc(-c2cnc(C#N)nc2)cc1. The van der Waals surface area contributed by atoms with Crippen LogP contribution in [0.2, 0.25) is 0 Å². The van der Waals surface area contributed by atoms with Gasteiger partial charge in [0.1, 0.15) is 18.4 Å². The molecule has 1 heterocycles. The Morgan fingerprint density at radius 3 is 2.42 bits per heavy atom. The normalized spacial score (nSPS) is 10.3. The van der Waals surface area contributed by atoms with Gasteiger partial charge in [-0.3, -0.25) is 0 Å². The van der Waals surface area contributed by atoms with Crippen molar-refractivity contribution in [2.24, 2.45) is 0 Å². The summed E-state index contributed by atoms with van der Waals surface area (Å²) >= 11 is 0. The highest BCUT2D eigenvalue weighted by Gasteiger charge is 2.00. The van der Waals surface area contributed by atoms with Crippen LogP contribution in [0.1, 0.15) is 12.7 Å². The lowest BCUT2D eigenvalue weighted by atomic mass is 10.1. The van der Waals surface area contributed by atoms with Crippen molar-refractivity contribution < 1.29 is 4.74 Å². The molecule has 1 aromatic heterocycles. The van der Waals surface area contributed by atoms with Crippen molar-refractivity contribution in [3.8, 4) is 22.9 Å². The minimum Gasteiger partial charge on any atom is -0.490 e. The molecule has 2 aromatic rings. The van der Waals surface area contributed by atoms with E-state index in [0.29, 0.717) is 6.61 Å². The molecule has 94 valence electrons. The largest absolute Gasteiger partial charge is 0.490 e. The Morgan fingerprint density at radius 1 is 1.16 bits per heavy atom. The molecule has 0 spiro atoms. The Bertz CT molecular complexity index is 595. The van der Waals surface area contributed by atoms with E-state index >= 15 is 0 Å². The van der Waals surface area contributed by atoms with Gasteiger partial charge < -0.3 is 4.74 Å². The summed E-state index contributed by atoms with van der Waals surface area (Å²) in [6, 6.07) is 9.57. The maximum atomic E-state index is 8.64. The summed E-state index contributed by atoms with van der Waals surface area (Å²) in [6.07, 6.45) is 7.17. The van der Waals surface area contributed by atoms with Crippen LogP contribution < -0.4 is 4.74 Å². The summed E-state index contributed by atoms with van der Waals surface area (Å²) in [5.41, 5.74) is 1.86. The van der Waals surface area contributed by atoms with Crippen molar-refractivity contribution in [3.05, 3.63) is 54.6 Å². The monoisotopic (exact) mass is 251 g/mol. The van der Waals surface area contributed by atoms with E-state index in [1.807, 2.05) is 49.4 Å². The average molecular weight is 251 g/mol. The molecule has 0 radical (unpaired) electrons. The lowest BCUT2D eigenvalue weighted by Crippen LogP contribution is -1.93. The quantitative estimate of drug-likeness (QED) is 0.784. The molecule has 0 aliphatic rings. The molecule has 0 saturated heterocycles. The summed E-state index contributed by atoms with van der Waals surface area (Å²) in [4.78, 5) is 7.89. The van der Waals surface area contributed by atoms with Crippen LogP contribution in [0.25, 0.3) is 11.1 Å². The Morgan fingerprint density at radius 2 is 1.84 bits per heavy atom. The predicted molar refractivity (Wildman–Crippen MR) is 72.5 cm³/mol. The Labute approximate surface area is 112 Å². The molecule has 0 amide bonds. The standard InChI is InChI=1S/C15H13N3O/c1-2-3-8-19-14-6-4-12(5-7-14)13-10-17-15(9-16)18-11-13/h2-7,10-11H,8H2,1H3/b3-2+. The molecule has 0 aliphatic carbocycles. The molecular weight excluding hydrogens is 238 g/mol. The fraction of sp³-hybridized carbons (Fsp3) is 0.133. The molecule has 0 saturated carbocycles. The van der Waals surface area contributed by atoms with E-state index in [9.17, 15) is 0 Å². The van der Waals surface area contributed by atoms with Crippen molar-refractivity contribution in [2.45, 2.75) is 6.92 Å². The number of benzene rings is 1. The Kier molecular flexibility index (Phi) is 4.25. The number of hydrogen-bond acceptors (Lipinski definition) is 4. The molecular formula is C15H13N3O. The molecule has 4 heteroatoms. The first kappa shape index (κ1) is 12.8. The summed E-state index contributed by atoms with van der Waals surface area (Å²) in [7, 11) is 0. The van der Waals surface area contributed by atoms with E-state index in [1.165, 1.54) is 0 Å². The molecule has 0 N–H and O–H groups in total. The molecule has 0 unspecified atom stereocenters. The highest BCUT2D eigenvalue weighted by atomic mass is 16.5. The third-order valence-corrected chi connectivity index (χ3v) is 2.52. The second-order valence-corrected chi connectivity index (χ2v) is 3.81. The van der Waals surface area contributed by atoms with E-state index in [1.54, 1.807) is 12.4 Å². The van der Waals surface area contributed by atoms with Gasteiger partial charge in [-0.15, -0.1) is 0 Å². The first-order valence-corrected chi connectivity index (χ1v) is 5.90. The number of allylic oxidation sites excluding steroid dienone is 1. The van der Waals surface area contributed by atoms with Gasteiger partial charge in [0.2, 0.25) is 5.82 Å². The van der Waals surface area contributed by atoms with Gasteiger partial charge in [0.15, 0.2) is 0 Å². The molecule has 1 aromatic carbocycles. The van der Waals surface area contributed by atoms with Crippen LogP contribution in [0.15, 0.2) is 48.8 Å². The van der Waals surface area contributed by atoms with E-state index < -0.39 is 0 Å². The van der Waals surface area contributed by atoms with Crippen molar-refractivity contribution in [2.75, 3.05) is 6.61 Å². The number of ether oxygens (including phenoxy) is 1. The van der Waals surface area contributed by atoms with Crippen LogP contribution in [0.4, 0.5) is 0 Å². The van der Waals surface area contributed by atoms with Crippen LogP contribution in [0.3, 0.4) is 0 Å². The van der Waals surface area contributed by atoms with Crippen LogP contribution in [0, 0.1) is 11.3 Å². The van der Waals surface area contributed by atoms with Gasteiger partial charge in [0.25, 0.3) is 0 Å². The zero-order valence-corrected chi connectivity index (χ0v) is 10.6. The molecule has 0 atom stereocenters. The smallest absolute Gasteiger partial charge is 0.232 e. The molecule has 19 heavy (non-hydrogen) atoms. The summed E-state index contributed by atoms with van der Waals surface area (Å²) < 4.78 is 5.51. The minimum atomic E-state index is 0.176. The fourth-order valence-electron chi connectivity index (χ4n) is 1.52. The van der Waals surface area contributed by atoms with Crippen LogP contribution >= 0.6 is 0 Å². The van der Waals surface area contributed by atoms with Gasteiger partial charge in [-0.05, 0) is 24.6 Å². The second-order valence-electron chi connectivity index (χ2n) is 3.81. The lowest BCUT2D eigenvalue weighted by molar-refractivity contribution is 0.363. The molecule has 0 fully saturated rings. The molecule has 0 aliphatic heterocycles. The predicted octanol–water partition coefficient (Wildman–Crippen LogP) is 2.97. The van der Waals surface area contributed by atoms with Crippen molar-refractivity contribution >= 4 is 0 Å². The maximum absolute atomic E-state index is 8.64. The van der Waals surface area contributed by atoms with Gasteiger partial charge in [0.05, 0.1) is 0 Å². The summed E-state index contributed by atoms with van der Waals surface area (Å²) in [5.74, 6) is 0.992. The Balaban J connectivity index is 2.11. The number of rotatable bonds is 4. The van der Waals surface area contributed by atoms with E-state index in [4.69, 9.17) is 10.00 Å². The third-order valence-electron chi connectivity index (χ3n) is 2.52. The Hall–Kier alpha value is -2.67. The van der Waals surface area contributed by atoms with Crippen molar-refractivity contribution in [1.29, 1.82) is 5.26 Å². The van der Waals surface area contributed by atoms with E-state index in [-0.39, 0.29) is 5.82 Å². The van der Waals surface area contributed by atoms with Crippen LogP contribution in [-0.2, 0) is 0 Å². The highest BCUT2D eigenvalue weighted by Crippen LogP contribution is 2.21. The maximum Gasteiger partial charge on any atom is 0.232 e. The summed E-state index contributed by atoms with van der Waals surface area (Å²) in [6.45, 7) is 2.52. The topological polar surface area (TPSA) is 58.8 Å². The highest BCUT2D eigenvalue weighted by molar-refractivity contribution is 5.62. The second kappa shape index (κ2) is 6.31. The summed E-state index contributed by atoms with van der Waals surface area (Å²) in [5, 5.41) is 8.64. The average Bonchev–Trinajstić information content (AvgIpc) is 2.48. The number of nitriles is 1. The van der Waals surface area contributed by atoms with Crippen molar-refractivity contribution in [3.63, 3.8) is 0 Å². The van der Waals surface area contributed by atoms with Gasteiger partial charge in [-0.2, -0.15) is 5.26 Å². The van der Waals surface area contributed by atoms with E-state index in [2.05, 4.69) is 9.97 Å². The molecule has 4 nitrogen and oxygen atoms in total. The number of hydrogen-bond donors (Lipinski definition) is 0. The van der Waals surface area contributed by atoms with Gasteiger partial charge >= 0.3 is 0 Å². The molecule has 0 bridgehead atoms. The van der Waals surface area contributed by atoms with Gasteiger partial charge in [-0.1, -0.05) is 24.3 Å². The van der Waals surface area contributed by atoms with Gasteiger partial charge in [0, 0.05) is 18.0 Å².